The molecule has 4 heteroatoms. The standard InChI is InChI=1S/C11H22N2O2/c1-4-9(2)12-11(14)13-7-5-10(15-3)6-8-13/h9-10H,4-8H2,1-3H3,(H,12,14)/t9-/m0/s1. The molecule has 1 N–H and O–H groups in total. The normalized spacial score (nSPS) is 20.1. The third kappa shape index (κ3) is 3.70. The highest BCUT2D eigenvalue weighted by Crippen LogP contribution is 2.12. The maximum Gasteiger partial charge on any atom is 0.317 e. The number of nitrogens with zero attached hydrogens (tertiary/aromatic N) is 1. The topological polar surface area (TPSA) is 41.6 Å². The van der Waals surface area contributed by atoms with Crippen LogP contribution in [-0.2, 0) is 4.74 Å². The molecule has 88 valence electrons. The highest BCUT2D eigenvalue weighted by atomic mass is 16.5. The van der Waals surface area contributed by atoms with E-state index in [1.54, 1.807) is 7.11 Å². The highest BCUT2D eigenvalue weighted by Gasteiger charge is 2.22. The molecule has 0 spiro atoms. The van der Waals surface area contributed by atoms with Crippen LogP contribution in [0.5, 0.6) is 0 Å². The van der Waals surface area contributed by atoms with Gasteiger partial charge < -0.3 is 15.0 Å². The van der Waals surface area contributed by atoms with Crippen molar-refractivity contribution < 1.29 is 9.53 Å². The van der Waals surface area contributed by atoms with Gasteiger partial charge in [-0.15, -0.1) is 0 Å². The fourth-order valence-electron chi connectivity index (χ4n) is 1.70. The quantitative estimate of drug-likeness (QED) is 0.775. The zero-order valence-electron chi connectivity index (χ0n) is 9.95. The van der Waals surface area contributed by atoms with Crippen molar-refractivity contribution in [2.75, 3.05) is 20.2 Å². The van der Waals surface area contributed by atoms with Crippen LogP contribution in [0.1, 0.15) is 33.1 Å². The summed E-state index contributed by atoms with van der Waals surface area (Å²) in [5.74, 6) is 0. The van der Waals surface area contributed by atoms with Crippen LogP contribution in [0.25, 0.3) is 0 Å². The molecule has 1 aliphatic rings. The zero-order chi connectivity index (χ0) is 11.3. The summed E-state index contributed by atoms with van der Waals surface area (Å²) in [5, 5.41) is 2.98. The Balaban J connectivity index is 2.30. The van der Waals surface area contributed by atoms with E-state index in [1.807, 2.05) is 11.8 Å². The number of rotatable bonds is 3. The van der Waals surface area contributed by atoms with Crippen LogP contribution in [0, 0.1) is 0 Å². The average Bonchev–Trinajstić information content (AvgIpc) is 2.29. The molecule has 1 aliphatic heterocycles. The molecule has 0 aromatic heterocycles. The van der Waals surface area contributed by atoms with Crippen molar-refractivity contribution in [1.82, 2.24) is 10.2 Å². The second-order valence-electron chi connectivity index (χ2n) is 4.18. The molecule has 1 fully saturated rings. The second-order valence-corrected chi connectivity index (χ2v) is 4.18. The van der Waals surface area contributed by atoms with E-state index in [1.165, 1.54) is 0 Å². The van der Waals surface area contributed by atoms with Crippen molar-refractivity contribution in [3.63, 3.8) is 0 Å². The Morgan fingerprint density at radius 1 is 1.53 bits per heavy atom. The molecule has 1 rings (SSSR count). The number of carbonyl (C=O) groups is 1. The molecule has 1 atom stereocenters. The van der Waals surface area contributed by atoms with Gasteiger partial charge >= 0.3 is 6.03 Å². The molecule has 4 nitrogen and oxygen atoms in total. The highest BCUT2D eigenvalue weighted by molar-refractivity contribution is 5.74. The summed E-state index contributed by atoms with van der Waals surface area (Å²) in [6, 6.07) is 0.330. The van der Waals surface area contributed by atoms with Gasteiger partial charge in [0.15, 0.2) is 0 Å². The van der Waals surface area contributed by atoms with E-state index < -0.39 is 0 Å². The van der Waals surface area contributed by atoms with Gasteiger partial charge in [-0.2, -0.15) is 0 Å². The SMILES string of the molecule is CC[C@H](C)NC(=O)N1CCC(OC)CC1. The molecule has 15 heavy (non-hydrogen) atoms. The summed E-state index contributed by atoms with van der Waals surface area (Å²) in [5.41, 5.74) is 0. The maximum atomic E-state index is 11.7. The molecule has 0 aliphatic carbocycles. The van der Waals surface area contributed by atoms with Gasteiger partial charge in [0.25, 0.3) is 0 Å². The minimum absolute atomic E-state index is 0.0684. The average molecular weight is 214 g/mol. The van der Waals surface area contributed by atoms with E-state index in [0.717, 1.165) is 32.4 Å². The van der Waals surface area contributed by atoms with Gasteiger partial charge in [0, 0.05) is 26.2 Å². The van der Waals surface area contributed by atoms with Gasteiger partial charge in [0.05, 0.1) is 6.10 Å². The number of hydrogen-bond donors (Lipinski definition) is 1. The van der Waals surface area contributed by atoms with Crippen LogP contribution in [0.15, 0.2) is 0 Å². The van der Waals surface area contributed by atoms with Crippen molar-refractivity contribution in [2.45, 2.75) is 45.3 Å². The van der Waals surface area contributed by atoms with Crippen LogP contribution in [0.2, 0.25) is 0 Å². The summed E-state index contributed by atoms with van der Waals surface area (Å²) in [6.07, 6.45) is 3.20. The fourth-order valence-corrected chi connectivity index (χ4v) is 1.70. The third-order valence-electron chi connectivity index (χ3n) is 3.04. The van der Waals surface area contributed by atoms with Crippen LogP contribution in [0.4, 0.5) is 4.79 Å². The lowest BCUT2D eigenvalue weighted by Gasteiger charge is -2.32. The van der Waals surface area contributed by atoms with E-state index in [-0.39, 0.29) is 12.1 Å². The summed E-state index contributed by atoms with van der Waals surface area (Å²) < 4.78 is 5.26. The first-order valence-electron chi connectivity index (χ1n) is 5.75. The van der Waals surface area contributed by atoms with E-state index >= 15 is 0 Å². The van der Waals surface area contributed by atoms with Gasteiger partial charge in [0.2, 0.25) is 0 Å². The largest absolute Gasteiger partial charge is 0.381 e. The molecular weight excluding hydrogens is 192 g/mol. The molecule has 0 saturated carbocycles. The first kappa shape index (κ1) is 12.3. The molecule has 1 heterocycles. The van der Waals surface area contributed by atoms with E-state index in [2.05, 4.69) is 12.2 Å². The summed E-state index contributed by atoms with van der Waals surface area (Å²) in [6.45, 7) is 5.71. The number of amides is 2. The predicted octanol–water partition coefficient (Wildman–Crippen LogP) is 1.61. The van der Waals surface area contributed by atoms with Crippen molar-refractivity contribution in [2.24, 2.45) is 0 Å². The van der Waals surface area contributed by atoms with Gasteiger partial charge in [-0.25, -0.2) is 4.79 Å². The minimum atomic E-state index is 0.0684. The summed E-state index contributed by atoms with van der Waals surface area (Å²) >= 11 is 0. The Labute approximate surface area is 92.0 Å². The minimum Gasteiger partial charge on any atom is -0.381 e. The lowest BCUT2D eigenvalue weighted by atomic mass is 10.1. The lowest BCUT2D eigenvalue weighted by molar-refractivity contribution is 0.0500. The number of piperidine rings is 1. The summed E-state index contributed by atoms with van der Waals surface area (Å²) in [4.78, 5) is 13.6. The molecular formula is C11H22N2O2. The predicted molar refractivity (Wildman–Crippen MR) is 59.9 cm³/mol. The maximum absolute atomic E-state index is 11.7. The zero-order valence-corrected chi connectivity index (χ0v) is 9.95. The molecule has 2 amide bonds. The molecule has 0 aromatic rings. The van der Waals surface area contributed by atoms with Crippen LogP contribution < -0.4 is 5.32 Å². The number of methoxy groups -OCH3 is 1. The van der Waals surface area contributed by atoms with Gasteiger partial charge in [-0.3, -0.25) is 0 Å². The monoisotopic (exact) mass is 214 g/mol. The Kier molecular flexibility index (Phi) is 4.88. The van der Waals surface area contributed by atoms with Gasteiger partial charge in [-0.05, 0) is 26.2 Å². The summed E-state index contributed by atoms with van der Waals surface area (Å²) in [7, 11) is 1.74. The van der Waals surface area contributed by atoms with Crippen LogP contribution in [0.3, 0.4) is 0 Å². The second kappa shape index (κ2) is 5.95. The van der Waals surface area contributed by atoms with Crippen LogP contribution in [-0.4, -0.2) is 43.3 Å². The number of ether oxygens (including phenoxy) is 1. The number of likely N-dealkylation sites (tertiary alicyclic amines) is 1. The number of urea groups is 1. The number of hydrogen-bond acceptors (Lipinski definition) is 2. The fraction of sp³-hybridized carbons (Fsp3) is 0.909. The van der Waals surface area contributed by atoms with Gasteiger partial charge in [-0.1, -0.05) is 6.92 Å². The van der Waals surface area contributed by atoms with E-state index in [9.17, 15) is 4.79 Å². The van der Waals surface area contributed by atoms with E-state index in [0.29, 0.717) is 6.10 Å². The molecule has 0 radical (unpaired) electrons. The Morgan fingerprint density at radius 2 is 2.13 bits per heavy atom. The van der Waals surface area contributed by atoms with Crippen LogP contribution >= 0.6 is 0 Å². The van der Waals surface area contributed by atoms with Crippen molar-refractivity contribution >= 4 is 6.03 Å². The first-order valence-corrected chi connectivity index (χ1v) is 5.75. The molecule has 0 unspecified atom stereocenters. The Morgan fingerprint density at radius 3 is 2.60 bits per heavy atom. The smallest absolute Gasteiger partial charge is 0.317 e. The number of carbonyl (C=O) groups excluding carboxylic acids is 1. The Hall–Kier alpha value is -0.770. The van der Waals surface area contributed by atoms with Gasteiger partial charge in [0.1, 0.15) is 0 Å². The molecule has 0 aromatic carbocycles. The Bertz CT molecular complexity index is 201. The van der Waals surface area contributed by atoms with Crippen molar-refractivity contribution in [1.29, 1.82) is 0 Å². The molecule has 1 saturated heterocycles. The molecule has 0 bridgehead atoms. The van der Waals surface area contributed by atoms with Crippen molar-refractivity contribution in [3.8, 4) is 0 Å². The van der Waals surface area contributed by atoms with Crippen molar-refractivity contribution in [3.05, 3.63) is 0 Å². The van der Waals surface area contributed by atoms with E-state index in [4.69, 9.17) is 4.74 Å². The third-order valence-corrected chi connectivity index (χ3v) is 3.04. The lowest BCUT2D eigenvalue weighted by Crippen LogP contribution is -2.48. The number of nitrogens with one attached hydrogen (secondary N) is 1. The first-order chi connectivity index (χ1) is 7.17.